The van der Waals surface area contributed by atoms with Crippen LogP contribution in [0, 0.1) is 11.6 Å². The van der Waals surface area contributed by atoms with Crippen molar-refractivity contribution in [3.05, 3.63) is 42.0 Å². The molecule has 118 valence electrons. The second-order valence-electron chi connectivity index (χ2n) is 4.57. The van der Waals surface area contributed by atoms with Crippen LogP contribution in [-0.2, 0) is 16.6 Å². The maximum atomic E-state index is 13.9. The van der Waals surface area contributed by atoms with Crippen LogP contribution in [0.4, 0.5) is 8.78 Å². The second-order valence-corrected chi connectivity index (χ2v) is 6.48. The summed E-state index contributed by atoms with van der Waals surface area (Å²) in [6, 6.07) is 2.15. The van der Waals surface area contributed by atoms with E-state index < -0.39 is 26.6 Å². The van der Waals surface area contributed by atoms with E-state index in [9.17, 15) is 17.2 Å². The van der Waals surface area contributed by atoms with Crippen molar-refractivity contribution < 1.29 is 17.2 Å². The van der Waals surface area contributed by atoms with Gasteiger partial charge in [-0.2, -0.15) is 4.31 Å². The first kappa shape index (κ1) is 17.7. The first-order chi connectivity index (χ1) is 9.88. The molecule has 0 unspecified atom stereocenters. The Balaban J connectivity index is 3.37. The summed E-state index contributed by atoms with van der Waals surface area (Å²) in [7, 11) is -2.46. The topological polar surface area (TPSA) is 49.4 Å². The summed E-state index contributed by atoms with van der Waals surface area (Å²) >= 11 is 0. The summed E-state index contributed by atoms with van der Waals surface area (Å²) in [5.74, 6) is -2.52. The standard InChI is InChI=1S/C14H20F2N2O2S/c1-4-6-18(7-5-2)21(19,20)13-9-11(10-17-3)8-12(15)14(13)16/h4,8-9,17H,1,5-7,10H2,2-3H3. The molecule has 0 amide bonds. The van der Waals surface area contributed by atoms with Crippen molar-refractivity contribution in [3.63, 3.8) is 0 Å². The summed E-state index contributed by atoms with van der Waals surface area (Å²) in [4.78, 5) is -0.636. The summed E-state index contributed by atoms with van der Waals surface area (Å²) < 4.78 is 53.6. The zero-order chi connectivity index (χ0) is 16.0. The van der Waals surface area contributed by atoms with E-state index in [-0.39, 0.29) is 19.6 Å². The largest absolute Gasteiger partial charge is 0.316 e. The molecule has 4 nitrogen and oxygen atoms in total. The molecule has 0 aromatic heterocycles. The molecule has 0 aliphatic carbocycles. The second kappa shape index (κ2) is 7.63. The molecule has 7 heteroatoms. The SMILES string of the molecule is C=CCN(CCC)S(=O)(=O)c1cc(CNC)cc(F)c1F. The summed E-state index contributed by atoms with van der Waals surface area (Å²) in [6.07, 6.45) is 1.98. The molecule has 0 aliphatic heterocycles. The molecule has 1 rings (SSSR count). The lowest BCUT2D eigenvalue weighted by molar-refractivity contribution is 0.429. The van der Waals surface area contributed by atoms with Crippen molar-refractivity contribution in [3.8, 4) is 0 Å². The Morgan fingerprint density at radius 3 is 2.57 bits per heavy atom. The third kappa shape index (κ3) is 4.09. The van der Waals surface area contributed by atoms with Crippen LogP contribution in [0.1, 0.15) is 18.9 Å². The van der Waals surface area contributed by atoms with Gasteiger partial charge in [0.15, 0.2) is 11.6 Å². The maximum Gasteiger partial charge on any atom is 0.246 e. The highest BCUT2D eigenvalue weighted by atomic mass is 32.2. The Bertz CT molecular complexity index is 603. The van der Waals surface area contributed by atoms with Gasteiger partial charge in [0.05, 0.1) is 0 Å². The summed E-state index contributed by atoms with van der Waals surface area (Å²) in [6.45, 7) is 5.81. The smallest absolute Gasteiger partial charge is 0.246 e. The zero-order valence-electron chi connectivity index (χ0n) is 12.2. The van der Waals surface area contributed by atoms with E-state index in [1.807, 2.05) is 0 Å². The molecular weight excluding hydrogens is 298 g/mol. The number of sulfonamides is 1. The molecule has 0 saturated carbocycles. The maximum absolute atomic E-state index is 13.9. The van der Waals surface area contributed by atoms with E-state index in [0.717, 1.165) is 16.4 Å². The normalized spacial score (nSPS) is 11.9. The van der Waals surface area contributed by atoms with Gasteiger partial charge in [-0.3, -0.25) is 0 Å². The highest BCUT2D eigenvalue weighted by molar-refractivity contribution is 7.89. The van der Waals surface area contributed by atoms with Gasteiger partial charge in [0.2, 0.25) is 10.0 Å². The van der Waals surface area contributed by atoms with Gasteiger partial charge >= 0.3 is 0 Å². The molecule has 0 heterocycles. The minimum Gasteiger partial charge on any atom is -0.316 e. The Morgan fingerprint density at radius 1 is 1.38 bits per heavy atom. The van der Waals surface area contributed by atoms with Crippen LogP contribution in [0.3, 0.4) is 0 Å². The van der Waals surface area contributed by atoms with Gasteiger partial charge in [-0.25, -0.2) is 17.2 Å². The first-order valence-electron chi connectivity index (χ1n) is 6.62. The van der Waals surface area contributed by atoms with Crippen LogP contribution >= 0.6 is 0 Å². The molecule has 0 radical (unpaired) electrons. The molecule has 0 bridgehead atoms. The average molecular weight is 318 g/mol. The van der Waals surface area contributed by atoms with Crippen molar-refractivity contribution in [2.75, 3.05) is 20.1 Å². The van der Waals surface area contributed by atoms with Crippen LogP contribution in [0.25, 0.3) is 0 Å². The van der Waals surface area contributed by atoms with Crippen molar-refractivity contribution in [2.24, 2.45) is 0 Å². The number of rotatable bonds is 8. The predicted molar refractivity (Wildman–Crippen MR) is 78.4 cm³/mol. The fourth-order valence-electron chi connectivity index (χ4n) is 1.95. The zero-order valence-corrected chi connectivity index (χ0v) is 13.0. The van der Waals surface area contributed by atoms with E-state index in [1.54, 1.807) is 14.0 Å². The van der Waals surface area contributed by atoms with E-state index in [2.05, 4.69) is 11.9 Å². The fourth-order valence-corrected chi connectivity index (χ4v) is 3.58. The van der Waals surface area contributed by atoms with Gasteiger partial charge in [0.1, 0.15) is 4.90 Å². The fraction of sp³-hybridized carbons (Fsp3) is 0.429. The van der Waals surface area contributed by atoms with E-state index in [0.29, 0.717) is 12.0 Å². The number of nitrogens with one attached hydrogen (secondary N) is 1. The molecule has 0 atom stereocenters. The lowest BCUT2D eigenvalue weighted by Gasteiger charge is -2.21. The van der Waals surface area contributed by atoms with Crippen molar-refractivity contribution in [1.82, 2.24) is 9.62 Å². The molecule has 0 aliphatic rings. The Hall–Kier alpha value is -1.31. The molecule has 0 saturated heterocycles. The molecular formula is C14H20F2N2O2S. The minimum absolute atomic E-state index is 0.0491. The minimum atomic E-state index is -4.10. The third-order valence-corrected chi connectivity index (χ3v) is 4.72. The van der Waals surface area contributed by atoms with Crippen LogP contribution in [0.15, 0.2) is 29.7 Å². The van der Waals surface area contributed by atoms with Crippen molar-refractivity contribution >= 4 is 10.0 Å². The van der Waals surface area contributed by atoms with E-state index in [4.69, 9.17) is 0 Å². The third-order valence-electron chi connectivity index (χ3n) is 2.86. The Morgan fingerprint density at radius 2 is 2.05 bits per heavy atom. The van der Waals surface area contributed by atoms with E-state index in [1.165, 1.54) is 6.08 Å². The summed E-state index contributed by atoms with van der Waals surface area (Å²) in [5.41, 5.74) is 0.366. The van der Waals surface area contributed by atoms with Crippen molar-refractivity contribution in [2.45, 2.75) is 24.8 Å². The average Bonchev–Trinajstić information content (AvgIpc) is 2.42. The number of benzene rings is 1. The molecule has 0 fully saturated rings. The number of halogens is 2. The van der Waals surface area contributed by atoms with E-state index >= 15 is 0 Å². The Labute approximate surface area is 124 Å². The molecule has 1 aromatic carbocycles. The van der Waals surface area contributed by atoms with Crippen LogP contribution < -0.4 is 5.32 Å². The molecule has 1 N–H and O–H groups in total. The quantitative estimate of drug-likeness (QED) is 0.748. The van der Waals surface area contributed by atoms with Gasteiger partial charge in [0.25, 0.3) is 0 Å². The van der Waals surface area contributed by atoms with Crippen molar-refractivity contribution in [1.29, 1.82) is 0 Å². The highest BCUT2D eigenvalue weighted by Crippen LogP contribution is 2.23. The summed E-state index contributed by atoms with van der Waals surface area (Å²) in [5, 5.41) is 2.78. The number of hydrogen-bond acceptors (Lipinski definition) is 3. The molecule has 0 spiro atoms. The number of nitrogens with zero attached hydrogens (tertiary/aromatic N) is 1. The lowest BCUT2D eigenvalue weighted by Crippen LogP contribution is -2.33. The lowest BCUT2D eigenvalue weighted by atomic mass is 10.2. The van der Waals surface area contributed by atoms with Gasteiger partial charge in [-0.05, 0) is 31.2 Å². The van der Waals surface area contributed by atoms with Crippen LogP contribution in [-0.4, -0.2) is 32.9 Å². The molecule has 1 aromatic rings. The first-order valence-corrected chi connectivity index (χ1v) is 8.06. The van der Waals surface area contributed by atoms with Gasteiger partial charge < -0.3 is 5.32 Å². The van der Waals surface area contributed by atoms with Gasteiger partial charge in [0, 0.05) is 19.6 Å². The monoisotopic (exact) mass is 318 g/mol. The Kier molecular flexibility index (Phi) is 6.44. The predicted octanol–water partition coefficient (Wildman–Crippen LogP) is 2.27. The van der Waals surface area contributed by atoms with Gasteiger partial charge in [-0.1, -0.05) is 13.0 Å². The number of hydrogen-bond donors (Lipinski definition) is 1. The van der Waals surface area contributed by atoms with Gasteiger partial charge in [-0.15, -0.1) is 6.58 Å². The highest BCUT2D eigenvalue weighted by Gasteiger charge is 2.28. The van der Waals surface area contributed by atoms with Crippen LogP contribution in [0.5, 0.6) is 0 Å². The molecule has 21 heavy (non-hydrogen) atoms. The van der Waals surface area contributed by atoms with Crippen LogP contribution in [0.2, 0.25) is 0 Å².